The average Bonchev–Trinajstić information content (AvgIpc) is 3.45. The molecular formula is C36H42N4O8SZn-2. The standard InChI is InChI=1S/C36H44N4O8S.Zn/c1-17-11-18(2)31(19(3)12-17)48-36(47)30-22(6)28(16-27-20(4)21(5)32(38-27)37-23(7)41)39-33(30)40-29(42)9-8-10-49-26-14-24(34(43)44)13-25(15-26)35(45)46;/h13-19,31H,8-12H2,1-7H3,(H5,37,38,39,40,41,42,43,44,45,46,47);/p-2. The Balaban J connectivity index is 0.00000676. The van der Waals surface area contributed by atoms with E-state index in [1.807, 2.05) is 13.8 Å². The van der Waals surface area contributed by atoms with Gasteiger partial charge in [0.1, 0.15) is 23.4 Å². The Kier molecular flexibility index (Phi) is 14.0. The number of nitrogens with zero attached hydrogens (tertiary/aromatic N) is 2. The maximum atomic E-state index is 13.8. The molecule has 0 radical (unpaired) electrons. The summed E-state index contributed by atoms with van der Waals surface area (Å²) in [5.74, 6) is -2.21. The third-order valence-corrected chi connectivity index (χ3v) is 9.97. The van der Waals surface area contributed by atoms with Crippen LogP contribution in [0.5, 0.6) is 0 Å². The third-order valence-electron chi connectivity index (χ3n) is 8.91. The number of esters is 1. The maximum absolute atomic E-state index is 13.8. The van der Waals surface area contributed by atoms with Crippen molar-refractivity contribution >= 4 is 59.2 Å². The Hall–Kier alpha value is -4.03. The molecule has 2 aliphatic rings. The fourth-order valence-electron chi connectivity index (χ4n) is 6.41. The number of carboxylic acids is 2. The summed E-state index contributed by atoms with van der Waals surface area (Å²) in [6, 6.07) is 3.73. The molecule has 4 rings (SSSR count). The molecule has 1 saturated carbocycles. The van der Waals surface area contributed by atoms with Gasteiger partial charge < -0.3 is 35.4 Å². The molecule has 2 atom stereocenters. The van der Waals surface area contributed by atoms with Crippen molar-refractivity contribution in [1.82, 2.24) is 10.3 Å². The van der Waals surface area contributed by atoms with Crippen molar-refractivity contribution in [2.24, 2.45) is 22.7 Å². The zero-order valence-electron chi connectivity index (χ0n) is 29.5. The number of thioether (sulfide) groups is 1. The van der Waals surface area contributed by atoms with E-state index in [0.29, 0.717) is 45.8 Å². The first-order chi connectivity index (χ1) is 23.0. The number of hydrogen-bond donors (Lipinski definition) is 3. The van der Waals surface area contributed by atoms with E-state index in [9.17, 15) is 34.2 Å². The van der Waals surface area contributed by atoms with Crippen molar-refractivity contribution in [3.05, 3.63) is 63.0 Å². The van der Waals surface area contributed by atoms with Gasteiger partial charge in [-0.3, -0.25) is 9.59 Å². The Morgan fingerprint density at radius 2 is 1.66 bits per heavy atom. The number of aromatic nitrogens is 1. The molecule has 3 N–H and O–H groups in total. The van der Waals surface area contributed by atoms with Crippen LogP contribution in [-0.4, -0.2) is 52.5 Å². The molecule has 14 heteroatoms. The molecule has 264 valence electrons. The Morgan fingerprint density at radius 3 is 2.26 bits per heavy atom. The number of carbonyl (C=O) groups is 5. The second-order valence-corrected chi connectivity index (χ2v) is 14.2. The van der Waals surface area contributed by atoms with Gasteiger partial charge in [-0.15, -0.1) is 11.8 Å². The fraction of sp³-hybridized carbons (Fsp3) is 0.444. The normalized spacial score (nSPS) is 20.9. The van der Waals surface area contributed by atoms with E-state index in [-0.39, 0.29) is 72.3 Å². The number of carbonyl (C=O) groups excluding carboxylic acids is 4. The zero-order chi connectivity index (χ0) is 36.2. The zero-order valence-corrected chi connectivity index (χ0v) is 33.3. The molecule has 1 fully saturated rings. The van der Waals surface area contributed by atoms with Crippen LogP contribution < -0.4 is 20.7 Å². The number of ether oxygens (including phenoxy) is 1. The number of rotatable bonds is 11. The van der Waals surface area contributed by atoms with Gasteiger partial charge in [0, 0.05) is 30.8 Å². The summed E-state index contributed by atoms with van der Waals surface area (Å²) < 4.78 is 6.11. The molecular weight excluding hydrogens is 714 g/mol. The van der Waals surface area contributed by atoms with Crippen LogP contribution in [0.15, 0.2) is 44.9 Å². The molecule has 12 nitrogen and oxygen atoms in total. The van der Waals surface area contributed by atoms with Crippen LogP contribution in [-0.2, 0) is 38.6 Å². The van der Waals surface area contributed by atoms with Crippen LogP contribution in [0.2, 0.25) is 0 Å². The number of aromatic carboxylic acids is 2. The fourth-order valence-corrected chi connectivity index (χ4v) is 7.36. The number of aliphatic imine (C=N–C) groups is 1. The number of amides is 2. The van der Waals surface area contributed by atoms with Crippen molar-refractivity contribution in [3.8, 4) is 0 Å². The van der Waals surface area contributed by atoms with Gasteiger partial charge in [0.15, 0.2) is 0 Å². The number of allylic oxidation sites excluding steroid dienone is 1. The van der Waals surface area contributed by atoms with Gasteiger partial charge in [0.25, 0.3) is 0 Å². The summed E-state index contributed by atoms with van der Waals surface area (Å²) in [4.78, 5) is 71.0. The summed E-state index contributed by atoms with van der Waals surface area (Å²) in [7, 11) is 0. The van der Waals surface area contributed by atoms with Crippen molar-refractivity contribution in [2.45, 2.75) is 85.1 Å². The molecule has 2 unspecified atom stereocenters. The summed E-state index contributed by atoms with van der Waals surface area (Å²) in [6.07, 6.45) is 3.72. The molecule has 1 aliphatic carbocycles. The number of hydrogen-bond acceptors (Lipinski definition) is 9. The number of benzene rings is 1. The van der Waals surface area contributed by atoms with E-state index in [4.69, 9.17) is 4.74 Å². The summed E-state index contributed by atoms with van der Waals surface area (Å²) in [5, 5.41) is 26.2. The molecule has 0 saturated heterocycles. The predicted molar refractivity (Wildman–Crippen MR) is 184 cm³/mol. The third kappa shape index (κ3) is 9.81. The first kappa shape index (κ1) is 40.4. The first-order valence-corrected chi connectivity index (χ1v) is 17.2. The van der Waals surface area contributed by atoms with Crippen molar-refractivity contribution in [3.63, 3.8) is 0 Å². The molecule has 1 aromatic heterocycles. The van der Waals surface area contributed by atoms with E-state index in [1.165, 1.54) is 30.8 Å². The topological polar surface area (TPSA) is 188 Å². The van der Waals surface area contributed by atoms with Gasteiger partial charge in [0.05, 0.1) is 17.2 Å². The Morgan fingerprint density at radius 1 is 1.02 bits per heavy atom. The number of anilines is 1. The minimum Gasteiger partial charge on any atom is -0.545 e. The van der Waals surface area contributed by atoms with E-state index >= 15 is 0 Å². The summed E-state index contributed by atoms with van der Waals surface area (Å²) in [6.45, 7) is 13.2. The SMILES string of the molecule is CC(=O)Nc1[n-]c(/C=C2\N=C(NC(=O)CCCSc3cc(C(=O)[O-])cc(C(=O)O)c3)C(C(=O)OC3C(C)CC(C)CC3C)=C2C)c(C)c1C.[Zn]. The van der Waals surface area contributed by atoms with E-state index in [1.54, 1.807) is 13.0 Å². The van der Waals surface area contributed by atoms with Crippen LogP contribution in [0, 0.1) is 31.6 Å². The van der Waals surface area contributed by atoms with Gasteiger partial charge in [0.2, 0.25) is 5.91 Å². The predicted octanol–water partition coefficient (Wildman–Crippen LogP) is 4.65. The van der Waals surface area contributed by atoms with E-state index < -0.39 is 23.8 Å². The molecule has 2 amide bonds. The second kappa shape index (κ2) is 17.3. The largest absolute Gasteiger partial charge is 0.545 e. The average molecular weight is 756 g/mol. The van der Waals surface area contributed by atoms with E-state index in [2.05, 4.69) is 41.4 Å². The van der Waals surface area contributed by atoms with Gasteiger partial charge >= 0.3 is 11.9 Å². The minimum atomic E-state index is -1.48. The van der Waals surface area contributed by atoms with E-state index in [0.717, 1.165) is 30.0 Å². The summed E-state index contributed by atoms with van der Waals surface area (Å²) in [5.41, 5.74) is 2.88. The van der Waals surface area contributed by atoms with Crippen LogP contribution in [0.25, 0.3) is 6.08 Å². The van der Waals surface area contributed by atoms with Crippen molar-refractivity contribution in [1.29, 1.82) is 0 Å². The molecule has 50 heavy (non-hydrogen) atoms. The minimum absolute atomic E-state index is 0. The van der Waals surface area contributed by atoms with Gasteiger partial charge in [-0.05, 0) is 123 Å². The number of amidine groups is 1. The molecule has 0 bridgehead atoms. The van der Waals surface area contributed by atoms with Crippen molar-refractivity contribution in [2.75, 3.05) is 11.1 Å². The van der Waals surface area contributed by atoms with Gasteiger partial charge in [-0.2, -0.15) is 0 Å². The quantitative estimate of drug-likeness (QED) is 0.126. The molecule has 2 aromatic rings. The number of carboxylic acid groups (broad SMARTS) is 2. The smallest absolute Gasteiger partial charge is 0.342 e. The van der Waals surface area contributed by atoms with Crippen LogP contribution in [0.4, 0.5) is 5.82 Å². The van der Waals surface area contributed by atoms with Crippen LogP contribution >= 0.6 is 11.8 Å². The second-order valence-electron chi connectivity index (χ2n) is 13.0. The number of nitrogens with one attached hydrogen (secondary N) is 2. The van der Waals surface area contributed by atoms with Crippen molar-refractivity contribution < 1.29 is 58.4 Å². The van der Waals surface area contributed by atoms with Gasteiger partial charge in [-0.1, -0.05) is 26.6 Å². The monoisotopic (exact) mass is 754 g/mol. The Bertz CT molecular complexity index is 1730. The Labute approximate surface area is 308 Å². The summed E-state index contributed by atoms with van der Waals surface area (Å²) >= 11 is 1.21. The molecule has 1 aromatic carbocycles. The molecule has 0 spiro atoms. The van der Waals surface area contributed by atoms with Crippen LogP contribution in [0.3, 0.4) is 0 Å². The maximum Gasteiger partial charge on any atom is 0.342 e. The molecule has 2 heterocycles. The molecule has 1 aliphatic heterocycles. The first-order valence-electron chi connectivity index (χ1n) is 16.2. The van der Waals surface area contributed by atoms with Crippen LogP contribution in [0.1, 0.15) is 97.8 Å². The van der Waals surface area contributed by atoms with Gasteiger partial charge in [-0.25, -0.2) is 14.6 Å².